The molecule has 0 bridgehead atoms. The quantitative estimate of drug-likeness (QED) is 0.805. The van der Waals surface area contributed by atoms with Crippen molar-refractivity contribution >= 4 is 21.9 Å². The number of hydrogen-bond acceptors (Lipinski definition) is 4. The molecule has 0 aromatic heterocycles. The van der Waals surface area contributed by atoms with Gasteiger partial charge in [0.25, 0.3) is 0 Å². The summed E-state index contributed by atoms with van der Waals surface area (Å²) in [7, 11) is 1.57. The molecular weight excluding hydrogens is 288 g/mol. The van der Waals surface area contributed by atoms with Crippen molar-refractivity contribution in [3.05, 3.63) is 22.2 Å². The van der Waals surface area contributed by atoms with Crippen LogP contribution in [0.5, 0.6) is 11.5 Å². The Morgan fingerprint density at radius 2 is 2.35 bits per heavy atom. The lowest BCUT2D eigenvalue weighted by atomic mass is 10.0. The van der Waals surface area contributed by atoms with Crippen molar-refractivity contribution < 1.29 is 19.0 Å². The largest absolute Gasteiger partial charge is 0.496 e. The van der Waals surface area contributed by atoms with Gasteiger partial charge in [0.05, 0.1) is 23.8 Å². The van der Waals surface area contributed by atoms with Crippen molar-refractivity contribution in [1.29, 1.82) is 0 Å². The monoisotopic (exact) mass is 300 g/mol. The lowest BCUT2D eigenvalue weighted by molar-refractivity contribution is -0.145. The molecule has 0 spiro atoms. The number of halogens is 1. The Labute approximate surface area is 108 Å². The van der Waals surface area contributed by atoms with Crippen molar-refractivity contribution in [1.82, 2.24) is 0 Å². The average Bonchev–Trinajstić information content (AvgIpc) is 2.75. The first-order valence-electron chi connectivity index (χ1n) is 5.34. The number of fused-ring (bicyclic) bond motifs is 1. The highest BCUT2D eigenvalue weighted by atomic mass is 79.9. The van der Waals surface area contributed by atoms with Crippen LogP contribution in [0, 0.1) is 0 Å². The number of hydrogen-bond donors (Lipinski definition) is 0. The summed E-state index contributed by atoms with van der Waals surface area (Å²) in [4.78, 5) is 11.8. The van der Waals surface area contributed by atoms with Crippen molar-refractivity contribution in [2.45, 2.75) is 12.8 Å². The van der Waals surface area contributed by atoms with Crippen LogP contribution in [0.1, 0.15) is 18.4 Å². The summed E-state index contributed by atoms with van der Waals surface area (Å²) in [6, 6.07) is 3.65. The molecule has 1 unspecified atom stereocenters. The number of methoxy groups -OCH3 is 1. The summed E-state index contributed by atoms with van der Waals surface area (Å²) in [6.07, 6.45) is 0. The van der Waals surface area contributed by atoms with Gasteiger partial charge in [-0.3, -0.25) is 4.79 Å². The third-order valence-electron chi connectivity index (χ3n) is 2.64. The van der Waals surface area contributed by atoms with Crippen LogP contribution in [0.3, 0.4) is 0 Å². The molecule has 4 nitrogen and oxygen atoms in total. The predicted molar refractivity (Wildman–Crippen MR) is 65.6 cm³/mol. The fourth-order valence-corrected chi connectivity index (χ4v) is 2.35. The van der Waals surface area contributed by atoms with Crippen LogP contribution in [0.2, 0.25) is 0 Å². The minimum atomic E-state index is -0.405. The van der Waals surface area contributed by atoms with Gasteiger partial charge in [0.2, 0.25) is 0 Å². The van der Waals surface area contributed by atoms with Crippen LogP contribution >= 0.6 is 15.9 Å². The fraction of sp³-hybridized carbons (Fsp3) is 0.417. The minimum absolute atomic E-state index is 0.275. The highest BCUT2D eigenvalue weighted by Crippen LogP contribution is 2.45. The van der Waals surface area contributed by atoms with Gasteiger partial charge in [0.15, 0.2) is 0 Å². The van der Waals surface area contributed by atoms with Gasteiger partial charge < -0.3 is 14.2 Å². The second-order valence-electron chi connectivity index (χ2n) is 3.61. The molecule has 0 N–H and O–H groups in total. The number of carbonyl (C=O) groups excluding carboxylic acids is 1. The van der Waals surface area contributed by atoms with Gasteiger partial charge in [-0.25, -0.2) is 0 Å². The maximum atomic E-state index is 11.8. The molecule has 0 amide bonds. The highest BCUT2D eigenvalue weighted by molar-refractivity contribution is 9.10. The third kappa shape index (κ3) is 2.11. The van der Waals surface area contributed by atoms with Gasteiger partial charge >= 0.3 is 5.97 Å². The standard InChI is InChI=1S/C12H13BrO4/c1-3-16-12(14)7-6-17-11-8(13)4-5-9(15-2)10(7)11/h4-5,7H,3,6H2,1-2H3. The second kappa shape index (κ2) is 4.96. The molecule has 1 heterocycles. The summed E-state index contributed by atoms with van der Waals surface area (Å²) in [5.41, 5.74) is 0.764. The van der Waals surface area contributed by atoms with E-state index in [1.165, 1.54) is 0 Å². The van der Waals surface area contributed by atoms with Crippen LogP contribution < -0.4 is 9.47 Å². The number of esters is 1. The van der Waals surface area contributed by atoms with Gasteiger partial charge in [-0.2, -0.15) is 0 Å². The van der Waals surface area contributed by atoms with Crippen LogP contribution in [0.15, 0.2) is 16.6 Å². The van der Waals surface area contributed by atoms with E-state index in [9.17, 15) is 4.79 Å². The molecule has 0 radical (unpaired) electrons. The molecule has 0 saturated heterocycles. The third-order valence-corrected chi connectivity index (χ3v) is 3.27. The maximum absolute atomic E-state index is 11.8. The zero-order chi connectivity index (χ0) is 12.4. The molecule has 1 aliphatic rings. The number of carbonyl (C=O) groups is 1. The first kappa shape index (κ1) is 12.2. The Morgan fingerprint density at radius 3 is 3.00 bits per heavy atom. The fourth-order valence-electron chi connectivity index (χ4n) is 1.89. The van der Waals surface area contributed by atoms with Gasteiger partial charge in [0.1, 0.15) is 24.0 Å². The van der Waals surface area contributed by atoms with E-state index in [0.717, 1.165) is 10.0 Å². The van der Waals surface area contributed by atoms with E-state index in [4.69, 9.17) is 14.2 Å². The molecule has 0 fully saturated rings. The minimum Gasteiger partial charge on any atom is -0.496 e. The molecule has 5 heteroatoms. The van der Waals surface area contributed by atoms with Crippen LogP contribution in [0.4, 0.5) is 0 Å². The van der Waals surface area contributed by atoms with E-state index in [1.807, 2.05) is 12.1 Å². The van der Waals surface area contributed by atoms with Crippen LogP contribution in [-0.2, 0) is 9.53 Å². The Morgan fingerprint density at radius 1 is 1.59 bits per heavy atom. The van der Waals surface area contributed by atoms with Crippen LogP contribution in [-0.4, -0.2) is 26.3 Å². The Balaban J connectivity index is 2.41. The van der Waals surface area contributed by atoms with E-state index in [-0.39, 0.29) is 5.97 Å². The Bertz CT molecular complexity index is 444. The van der Waals surface area contributed by atoms with Gasteiger partial charge in [-0.1, -0.05) is 0 Å². The van der Waals surface area contributed by atoms with E-state index < -0.39 is 5.92 Å². The lowest BCUT2D eigenvalue weighted by Crippen LogP contribution is -2.17. The number of rotatable bonds is 3. The maximum Gasteiger partial charge on any atom is 0.317 e. The highest BCUT2D eigenvalue weighted by Gasteiger charge is 2.36. The molecule has 92 valence electrons. The molecule has 17 heavy (non-hydrogen) atoms. The van der Waals surface area contributed by atoms with Crippen molar-refractivity contribution in [2.75, 3.05) is 20.3 Å². The van der Waals surface area contributed by atoms with Gasteiger partial charge in [-0.05, 0) is 35.0 Å². The van der Waals surface area contributed by atoms with Crippen LogP contribution in [0.25, 0.3) is 0 Å². The van der Waals surface area contributed by atoms with Crippen molar-refractivity contribution in [3.63, 3.8) is 0 Å². The molecule has 0 saturated carbocycles. The molecule has 1 aliphatic heterocycles. The zero-order valence-electron chi connectivity index (χ0n) is 9.66. The molecule has 1 aromatic carbocycles. The topological polar surface area (TPSA) is 44.8 Å². The lowest BCUT2D eigenvalue weighted by Gasteiger charge is -2.11. The first-order valence-corrected chi connectivity index (χ1v) is 6.14. The Kier molecular flexibility index (Phi) is 3.57. The normalized spacial score (nSPS) is 17.2. The molecule has 1 aromatic rings. The van der Waals surface area contributed by atoms with E-state index in [1.54, 1.807) is 14.0 Å². The van der Waals surface area contributed by atoms with Crippen molar-refractivity contribution in [3.8, 4) is 11.5 Å². The molecule has 2 rings (SSSR count). The summed E-state index contributed by atoms with van der Waals surface area (Å²) in [5, 5.41) is 0. The van der Waals surface area contributed by atoms with Gasteiger partial charge in [-0.15, -0.1) is 0 Å². The van der Waals surface area contributed by atoms with Crippen molar-refractivity contribution in [2.24, 2.45) is 0 Å². The Hall–Kier alpha value is -1.23. The smallest absolute Gasteiger partial charge is 0.317 e. The summed E-state index contributed by atoms with van der Waals surface area (Å²) in [6.45, 7) is 2.45. The SMILES string of the molecule is CCOC(=O)C1COc2c(Br)ccc(OC)c21. The average molecular weight is 301 g/mol. The zero-order valence-corrected chi connectivity index (χ0v) is 11.2. The van der Waals surface area contributed by atoms with E-state index in [0.29, 0.717) is 24.7 Å². The van der Waals surface area contributed by atoms with E-state index >= 15 is 0 Å². The predicted octanol–water partition coefficient (Wildman–Crippen LogP) is 2.50. The summed E-state index contributed by atoms with van der Waals surface area (Å²) < 4.78 is 16.6. The van der Waals surface area contributed by atoms with E-state index in [2.05, 4.69) is 15.9 Å². The van der Waals surface area contributed by atoms with Gasteiger partial charge in [0, 0.05) is 0 Å². The second-order valence-corrected chi connectivity index (χ2v) is 4.46. The summed E-state index contributed by atoms with van der Waals surface area (Å²) >= 11 is 3.39. The molecular formula is C12H13BrO4. The number of benzene rings is 1. The first-order chi connectivity index (χ1) is 8.19. The number of ether oxygens (including phenoxy) is 3. The molecule has 0 aliphatic carbocycles. The molecule has 1 atom stereocenters. The summed E-state index contributed by atoms with van der Waals surface area (Å²) in [5.74, 6) is 0.640.